The Morgan fingerprint density at radius 1 is 1.24 bits per heavy atom. The molecule has 0 radical (unpaired) electrons. The van der Waals surface area contributed by atoms with Gasteiger partial charge in [0.05, 0.1) is 11.3 Å². The number of fused-ring (bicyclic) bond motifs is 3. The molecule has 0 aliphatic carbocycles. The molecule has 3 aromatic heterocycles. The second-order valence-corrected chi connectivity index (χ2v) is 7.43. The number of hydrogen-bond donors (Lipinski definition) is 1. The van der Waals surface area contributed by atoms with Crippen molar-refractivity contribution in [2.75, 3.05) is 11.1 Å². The van der Waals surface area contributed by atoms with E-state index in [2.05, 4.69) is 30.7 Å². The topological polar surface area (TPSA) is 98.5 Å². The molecule has 126 valence electrons. The van der Waals surface area contributed by atoms with Gasteiger partial charge in [-0.05, 0) is 13.0 Å². The van der Waals surface area contributed by atoms with E-state index in [1.807, 2.05) is 42.8 Å². The number of hydrogen-bond acceptors (Lipinski definition) is 8. The number of nitrogens with one attached hydrogen (secondary N) is 1. The van der Waals surface area contributed by atoms with Crippen molar-refractivity contribution < 1.29 is 4.79 Å². The zero-order valence-electron chi connectivity index (χ0n) is 13.4. The Bertz CT molecular complexity index is 1090. The molecule has 3 heterocycles. The van der Waals surface area contributed by atoms with Gasteiger partial charge in [-0.15, -0.1) is 20.4 Å². The summed E-state index contributed by atoms with van der Waals surface area (Å²) in [4.78, 5) is 16.5. The van der Waals surface area contributed by atoms with Crippen molar-refractivity contribution in [2.45, 2.75) is 12.1 Å². The first kappa shape index (κ1) is 15.9. The standard InChI is InChI=1S/C15H13N7OS2/c1-8-18-21-15(25-8)16-11(23)7-24-14-17-13-12(19-20-14)9-5-3-4-6-10(9)22(13)2/h3-6H,7H2,1-2H3,(H,16,21,23). The Labute approximate surface area is 150 Å². The molecule has 10 heteroatoms. The largest absolute Gasteiger partial charge is 0.327 e. The van der Waals surface area contributed by atoms with E-state index >= 15 is 0 Å². The first-order chi connectivity index (χ1) is 12.1. The van der Waals surface area contributed by atoms with Crippen LogP contribution in [-0.2, 0) is 11.8 Å². The number of aromatic nitrogens is 6. The number of thioether (sulfide) groups is 1. The maximum Gasteiger partial charge on any atom is 0.236 e. The normalized spacial score (nSPS) is 11.3. The monoisotopic (exact) mass is 371 g/mol. The molecule has 4 rings (SSSR count). The van der Waals surface area contributed by atoms with Gasteiger partial charge in [-0.2, -0.15) is 0 Å². The average Bonchev–Trinajstić information content (AvgIpc) is 3.15. The number of anilines is 1. The molecular weight excluding hydrogens is 358 g/mol. The molecule has 0 aliphatic heterocycles. The number of carbonyl (C=O) groups excluding carboxylic acids is 1. The van der Waals surface area contributed by atoms with E-state index in [0.717, 1.165) is 27.1 Å². The van der Waals surface area contributed by atoms with Crippen molar-refractivity contribution in [1.29, 1.82) is 0 Å². The Balaban J connectivity index is 1.53. The summed E-state index contributed by atoms with van der Waals surface area (Å²) in [5.74, 6) is -0.00246. The third kappa shape index (κ3) is 3.05. The van der Waals surface area contributed by atoms with E-state index in [4.69, 9.17) is 0 Å². The van der Waals surface area contributed by atoms with Gasteiger partial charge in [0, 0.05) is 12.4 Å². The molecule has 0 bridgehead atoms. The molecule has 1 N–H and O–H groups in total. The number of carbonyl (C=O) groups is 1. The lowest BCUT2D eigenvalue weighted by atomic mass is 10.2. The maximum absolute atomic E-state index is 12.0. The number of rotatable bonds is 4. The van der Waals surface area contributed by atoms with Crippen LogP contribution in [0.2, 0.25) is 0 Å². The zero-order chi connectivity index (χ0) is 17.4. The van der Waals surface area contributed by atoms with Crippen LogP contribution in [0.25, 0.3) is 22.1 Å². The van der Waals surface area contributed by atoms with Crippen LogP contribution in [0.5, 0.6) is 0 Å². The molecular formula is C15H13N7OS2. The lowest BCUT2D eigenvalue weighted by Crippen LogP contribution is -2.14. The number of para-hydroxylation sites is 1. The molecule has 0 saturated carbocycles. The minimum absolute atomic E-state index is 0.176. The van der Waals surface area contributed by atoms with Gasteiger partial charge >= 0.3 is 0 Å². The molecule has 0 unspecified atom stereocenters. The summed E-state index contributed by atoms with van der Waals surface area (Å²) in [5.41, 5.74) is 2.56. The van der Waals surface area contributed by atoms with Gasteiger partial charge in [-0.1, -0.05) is 41.3 Å². The Kier molecular flexibility index (Phi) is 4.06. The van der Waals surface area contributed by atoms with Crippen molar-refractivity contribution in [3.8, 4) is 0 Å². The van der Waals surface area contributed by atoms with E-state index in [-0.39, 0.29) is 11.7 Å². The second kappa shape index (κ2) is 6.37. The van der Waals surface area contributed by atoms with E-state index in [1.54, 1.807) is 0 Å². The molecule has 1 amide bonds. The van der Waals surface area contributed by atoms with E-state index in [1.165, 1.54) is 23.1 Å². The highest BCUT2D eigenvalue weighted by atomic mass is 32.2. The van der Waals surface area contributed by atoms with E-state index in [9.17, 15) is 4.79 Å². The summed E-state index contributed by atoms with van der Waals surface area (Å²) in [7, 11) is 1.94. The van der Waals surface area contributed by atoms with Crippen LogP contribution >= 0.6 is 23.1 Å². The quantitative estimate of drug-likeness (QED) is 0.550. The highest BCUT2D eigenvalue weighted by molar-refractivity contribution is 7.99. The van der Waals surface area contributed by atoms with Crippen molar-refractivity contribution in [1.82, 2.24) is 29.9 Å². The molecule has 0 fully saturated rings. The second-order valence-electron chi connectivity index (χ2n) is 5.31. The zero-order valence-corrected chi connectivity index (χ0v) is 15.1. The summed E-state index contributed by atoms with van der Waals surface area (Å²) >= 11 is 2.57. The van der Waals surface area contributed by atoms with Gasteiger partial charge in [0.2, 0.25) is 16.2 Å². The number of benzene rings is 1. The van der Waals surface area contributed by atoms with E-state index in [0.29, 0.717) is 10.3 Å². The van der Waals surface area contributed by atoms with Crippen LogP contribution in [0, 0.1) is 6.92 Å². The number of nitrogens with zero attached hydrogens (tertiary/aromatic N) is 6. The summed E-state index contributed by atoms with van der Waals surface area (Å²) in [6.07, 6.45) is 0. The summed E-state index contributed by atoms with van der Waals surface area (Å²) < 4.78 is 1.98. The van der Waals surface area contributed by atoms with Gasteiger partial charge in [0.1, 0.15) is 10.5 Å². The molecule has 0 aliphatic rings. The van der Waals surface area contributed by atoms with Crippen LogP contribution < -0.4 is 5.32 Å². The van der Waals surface area contributed by atoms with Crippen molar-refractivity contribution in [3.63, 3.8) is 0 Å². The fourth-order valence-electron chi connectivity index (χ4n) is 2.49. The summed E-state index contributed by atoms with van der Waals surface area (Å²) in [6.45, 7) is 1.83. The average molecular weight is 371 g/mol. The molecule has 4 aromatic rings. The first-order valence-electron chi connectivity index (χ1n) is 7.42. The smallest absolute Gasteiger partial charge is 0.236 e. The van der Waals surface area contributed by atoms with Gasteiger partial charge in [-0.25, -0.2) is 4.98 Å². The lowest BCUT2D eigenvalue weighted by Gasteiger charge is -2.01. The fraction of sp³-hybridized carbons (Fsp3) is 0.200. The molecule has 0 saturated heterocycles. The fourth-order valence-corrected chi connectivity index (χ4v) is 3.68. The summed E-state index contributed by atoms with van der Waals surface area (Å²) in [6, 6.07) is 7.96. The van der Waals surface area contributed by atoms with Crippen LogP contribution in [0.15, 0.2) is 29.4 Å². The molecule has 0 atom stereocenters. The third-order valence-electron chi connectivity index (χ3n) is 3.59. The minimum atomic E-state index is -0.179. The molecule has 1 aromatic carbocycles. The third-order valence-corrected chi connectivity index (χ3v) is 5.18. The Morgan fingerprint density at radius 2 is 2.08 bits per heavy atom. The first-order valence-corrected chi connectivity index (χ1v) is 9.22. The predicted molar refractivity (Wildman–Crippen MR) is 97.8 cm³/mol. The van der Waals surface area contributed by atoms with Gasteiger partial charge in [-0.3, -0.25) is 10.1 Å². The summed E-state index contributed by atoms with van der Waals surface area (Å²) in [5, 5.41) is 21.6. The molecule has 8 nitrogen and oxygen atoms in total. The lowest BCUT2D eigenvalue weighted by molar-refractivity contribution is -0.113. The van der Waals surface area contributed by atoms with Crippen molar-refractivity contribution in [2.24, 2.45) is 7.05 Å². The predicted octanol–water partition coefficient (Wildman–Crippen LogP) is 2.41. The van der Waals surface area contributed by atoms with Crippen LogP contribution in [0.3, 0.4) is 0 Å². The van der Waals surface area contributed by atoms with E-state index < -0.39 is 0 Å². The van der Waals surface area contributed by atoms with Gasteiger partial charge in [0.25, 0.3) is 0 Å². The highest BCUT2D eigenvalue weighted by Crippen LogP contribution is 2.26. The number of aryl methyl sites for hydroxylation is 2. The van der Waals surface area contributed by atoms with Crippen LogP contribution in [-0.4, -0.2) is 41.6 Å². The van der Waals surface area contributed by atoms with Crippen LogP contribution in [0.4, 0.5) is 5.13 Å². The SMILES string of the molecule is Cc1nnc(NC(=O)CSc2nnc3c4ccccc4n(C)c3n2)s1. The Morgan fingerprint density at radius 3 is 2.88 bits per heavy atom. The molecule has 25 heavy (non-hydrogen) atoms. The molecule has 0 spiro atoms. The minimum Gasteiger partial charge on any atom is -0.327 e. The maximum atomic E-state index is 12.0. The van der Waals surface area contributed by atoms with Crippen LogP contribution in [0.1, 0.15) is 5.01 Å². The van der Waals surface area contributed by atoms with Gasteiger partial charge < -0.3 is 4.57 Å². The van der Waals surface area contributed by atoms with Crippen molar-refractivity contribution >= 4 is 56.2 Å². The van der Waals surface area contributed by atoms with Crippen molar-refractivity contribution in [3.05, 3.63) is 29.3 Å². The highest BCUT2D eigenvalue weighted by Gasteiger charge is 2.13. The number of amides is 1. The van der Waals surface area contributed by atoms with Gasteiger partial charge in [0.15, 0.2) is 5.65 Å². The Hall–Kier alpha value is -2.59.